The summed E-state index contributed by atoms with van der Waals surface area (Å²) in [6, 6.07) is 0. The summed E-state index contributed by atoms with van der Waals surface area (Å²) in [7, 11) is 1.13. The van der Waals surface area contributed by atoms with E-state index >= 15 is 0 Å². The Kier molecular flexibility index (Phi) is 35.5. The van der Waals surface area contributed by atoms with Crippen LogP contribution < -0.4 is 0 Å². The molecule has 7 heteroatoms. The van der Waals surface area contributed by atoms with Crippen molar-refractivity contribution in [2.75, 3.05) is 0 Å². The summed E-state index contributed by atoms with van der Waals surface area (Å²) in [5.41, 5.74) is 1.89. The standard InChI is InChI=1S/3C2H4O2.C2H6Si/c3*1-2(3)4;1-2-3/h3*1H3,(H,3,4);2H,1H2,3H3. The normalized spacial score (nSPS) is 6.07. The number of carbonyl (C=O) groups is 3. The van der Waals surface area contributed by atoms with Gasteiger partial charge in [0.25, 0.3) is 17.9 Å². The second kappa shape index (κ2) is 22.8. The molecule has 90 valence electrons. The van der Waals surface area contributed by atoms with Gasteiger partial charge in [0.2, 0.25) is 0 Å². The van der Waals surface area contributed by atoms with Gasteiger partial charge in [-0.25, -0.2) is 0 Å². The molecule has 0 rings (SSSR count). The number of aliphatic carboxylic acids is 3. The summed E-state index contributed by atoms with van der Waals surface area (Å²) in [6.45, 7) is 6.67. The van der Waals surface area contributed by atoms with Crippen molar-refractivity contribution in [3.8, 4) is 0 Å². The Morgan fingerprint density at radius 3 is 0.933 bits per heavy atom. The van der Waals surface area contributed by atoms with Gasteiger partial charge in [0, 0.05) is 31.0 Å². The fourth-order valence-corrected chi connectivity index (χ4v) is 0. The lowest BCUT2D eigenvalue weighted by Crippen LogP contribution is -1.78. The molecule has 6 nitrogen and oxygen atoms in total. The minimum absolute atomic E-state index is 0.833. The van der Waals surface area contributed by atoms with Gasteiger partial charge in [-0.15, -0.1) is 12.3 Å². The molecule has 0 aliphatic rings. The Bertz CT molecular complexity index is 149. The van der Waals surface area contributed by atoms with E-state index in [2.05, 4.69) is 6.58 Å². The molecule has 0 saturated heterocycles. The molecule has 0 amide bonds. The van der Waals surface area contributed by atoms with Crippen LogP contribution in [0.2, 0.25) is 0 Å². The highest BCUT2D eigenvalue weighted by atomic mass is 28.1. The third kappa shape index (κ3) is 498. The molecule has 0 saturated carbocycles. The second-order valence-electron chi connectivity index (χ2n) is 1.97. The molecule has 0 bridgehead atoms. The minimum Gasteiger partial charge on any atom is -0.481 e. The summed E-state index contributed by atoms with van der Waals surface area (Å²) in [5, 5.41) is 22.2. The summed E-state index contributed by atoms with van der Waals surface area (Å²) in [6.07, 6.45) is 0. The van der Waals surface area contributed by atoms with E-state index in [4.69, 9.17) is 29.7 Å². The Labute approximate surface area is 91.7 Å². The van der Waals surface area contributed by atoms with Crippen LogP contribution in [0.1, 0.15) is 20.8 Å². The third-order valence-corrected chi connectivity index (χ3v) is 0. The Hall–Kier alpha value is -1.63. The van der Waals surface area contributed by atoms with Gasteiger partial charge in [-0.1, -0.05) is 0 Å². The highest BCUT2D eigenvalue weighted by Gasteiger charge is 1.66. The lowest BCUT2D eigenvalue weighted by atomic mass is 10.9. The maximum absolute atomic E-state index is 9.00. The topological polar surface area (TPSA) is 112 Å². The first kappa shape index (κ1) is 23.3. The van der Waals surface area contributed by atoms with E-state index in [0.717, 1.165) is 31.0 Å². The van der Waals surface area contributed by atoms with Crippen molar-refractivity contribution in [1.29, 1.82) is 0 Å². The fourth-order valence-electron chi connectivity index (χ4n) is 0. The molecule has 3 N–H and O–H groups in total. The summed E-state index contributed by atoms with van der Waals surface area (Å²) in [4.78, 5) is 27.0. The van der Waals surface area contributed by atoms with Crippen LogP contribution in [0.15, 0.2) is 12.3 Å². The van der Waals surface area contributed by atoms with Crippen LogP contribution in [0.3, 0.4) is 0 Å². The van der Waals surface area contributed by atoms with Gasteiger partial charge in [0.05, 0.1) is 0 Å². The fraction of sp³-hybridized carbons (Fsp3) is 0.375. The van der Waals surface area contributed by atoms with Crippen molar-refractivity contribution >= 4 is 28.2 Å². The number of rotatable bonds is 0. The van der Waals surface area contributed by atoms with Crippen molar-refractivity contribution in [2.24, 2.45) is 0 Å². The van der Waals surface area contributed by atoms with Crippen LogP contribution >= 0.6 is 0 Å². The van der Waals surface area contributed by atoms with Crippen molar-refractivity contribution < 1.29 is 29.7 Å². The Balaban J connectivity index is -0.0000000542. The summed E-state index contributed by atoms with van der Waals surface area (Å²) >= 11 is 0. The molecule has 0 radical (unpaired) electrons. The zero-order valence-electron chi connectivity index (χ0n) is 9.35. The van der Waals surface area contributed by atoms with E-state index in [1.807, 2.05) is 5.70 Å². The first-order chi connectivity index (χ1) is 6.61. The van der Waals surface area contributed by atoms with Gasteiger partial charge in [-0.05, 0) is 0 Å². The smallest absolute Gasteiger partial charge is 0.300 e. The van der Waals surface area contributed by atoms with E-state index in [1.54, 1.807) is 0 Å². The molecule has 0 aromatic carbocycles. The van der Waals surface area contributed by atoms with Crippen LogP contribution in [0.5, 0.6) is 0 Å². The Morgan fingerprint density at radius 2 is 0.933 bits per heavy atom. The Morgan fingerprint density at radius 1 is 0.933 bits per heavy atom. The number of carboxylic acid groups (broad SMARTS) is 3. The van der Waals surface area contributed by atoms with Gasteiger partial charge in [-0.2, -0.15) is 0 Å². The van der Waals surface area contributed by atoms with Crippen LogP contribution in [0, 0.1) is 0 Å². The molecule has 0 aromatic heterocycles. The largest absolute Gasteiger partial charge is 0.481 e. The molecule has 0 unspecified atom stereocenters. The SMILES string of the molecule is C=C[SiH3].CC(=O)O.CC(=O)O.CC(=O)O. The number of carboxylic acids is 3. The zero-order valence-corrected chi connectivity index (χ0v) is 11.4. The average Bonchev–Trinajstić information content (AvgIpc) is 1.81. The highest BCUT2D eigenvalue weighted by Crippen LogP contribution is 1.42. The van der Waals surface area contributed by atoms with Crippen LogP contribution in [0.4, 0.5) is 0 Å². The molecular weight excluding hydrogens is 220 g/mol. The molecular formula is C8H18O6Si. The lowest BCUT2D eigenvalue weighted by Gasteiger charge is -1.59. The number of hydrogen-bond acceptors (Lipinski definition) is 3. The van der Waals surface area contributed by atoms with E-state index in [9.17, 15) is 0 Å². The van der Waals surface area contributed by atoms with E-state index < -0.39 is 17.9 Å². The molecule has 15 heavy (non-hydrogen) atoms. The van der Waals surface area contributed by atoms with Crippen molar-refractivity contribution in [3.63, 3.8) is 0 Å². The van der Waals surface area contributed by atoms with Gasteiger partial charge in [0.15, 0.2) is 0 Å². The first-order valence-corrected chi connectivity index (χ1v) is 4.92. The monoisotopic (exact) mass is 238 g/mol. The van der Waals surface area contributed by atoms with Crippen molar-refractivity contribution in [3.05, 3.63) is 12.3 Å². The molecule has 0 spiro atoms. The average molecular weight is 238 g/mol. The maximum atomic E-state index is 9.00. The predicted molar refractivity (Wildman–Crippen MR) is 60.1 cm³/mol. The molecule has 0 aliphatic heterocycles. The summed E-state index contributed by atoms with van der Waals surface area (Å²) < 4.78 is 0. The van der Waals surface area contributed by atoms with Crippen LogP contribution in [-0.2, 0) is 14.4 Å². The third-order valence-electron chi connectivity index (χ3n) is 0. The lowest BCUT2D eigenvalue weighted by molar-refractivity contribution is -0.135. The molecule has 0 aromatic rings. The van der Waals surface area contributed by atoms with Crippen LogP contribution in [0.25, 0.3) is 0 Å². The maximum Gasteiger partial charge on any atom is 0.300 e. The molecule has 0 fully saturated rings. The minimum atomic E-state index is -0.833. The van der Waals surface area contributed by atoms with Crippen LogP contribution in [-0.4, -0.2) is 43.5 Å². The van der Waals surface area contributed by atoms with E-state index in [-0.39, 0.29) is 0 Å². The highest BCUT2D eigenvalue weighted by molar-refractivity contribution is 6.16. The van der Waals surface area contributed by atoms with Gasteiger partial charge in [0.1, 0.15) is 0 Å². The predicted octanol–water partition coefficient (Wildman–Crippen LogP) is -0.232. The molecule has 0 aliphatic carbocycles. The second-order valence-corrected chi connectivity index (χ2v) is 2.78. The zero-order chi connectivity index (χ0) is 13.4. The van der Waals surface area contributed by atoms with E-state index in [1.165, 1.54) is 0 Å². The molecule has 0 atom stereocenters. The van der Waals surface area contributed by atoms with Gasteiger partial charge in [-0.3, -0.25) is 14.4 Å². The van der Waals surface area contributed by atoms with Gasteiger partial charge >= 0.3 is 0 Å². The quantitative estimate of drug-likeness (QED) is 0.502. The van der Waals surface area contributed by atoms with Gasteiger partial charge < -0.3 is 15.3 Å². The van der Waals surface area contributed by atoms with Crippen molar-refractivity contribution in [2.45, 2.75) is 20.8 Å². The first-order valence-electron chi connectivity index (χ1n) is 3.77. The molecule has 0 heterocycles. The summed E-state index contributed by atoms with van der Waals surface area (Å²) in [5.74, 6) is -2.50. The van der Waals surface area contributed by atoms with E-state index in [0.29, 0.717) is 0 Å². The van der Waals surface area contributed by atoms with Crippen molar-refractivity contribution in [1.82, 2.24) is 0 Å². The number of hydrogen-bond donors (Lipinski definition) is 3.